The number of hydrogen-bond acceptors (Lipinski definition) is 1. The quantitative estimate of drug-likeness (QED) is 0.655. The van der Waals surface area contributed by atoms with Gasteiger partial charge in [-0.15, -0.1) is 0 Å². The SMILES string of the molecule is CCN(CC(F)(F)C(F)(F)C(F)F)C(C)C. The van der Waals surface area contributed by atoms with Crippen molar-refractivity contribution < 1.29 is 26.3 Å². The van der Waals surface area contributed by atoms with Crippen molar-refractivity contribution in [1.82, 2.24) is 4.90 Å². The summed E-state index contributed by atoms with van der Waals surface area (Å²) >= 11 is 0. The molecule has 0 aromatic carbocycles. The summed E-state index contributed by atoms with van der Waals surface area (Å²) in [6.07, 6.45) is -4.37. The fraction of sp³-hybridized carbons (Fsp3) is 1.00. The highest BCUT2D eigenvalue weighted by Gasteiger charge is 2.63. The van der Waals surface area contributed by atoms with Gasteiger partial charge in [-0.3, -0.25) is 4.90 Å². The molecule has 1 nitrogen and oxygen atoms in total. The Labute approximate surface area is 90.4 Å². The minimum Gasteiger partial charge on any atom is -0.295 e. The number of halogens is 6. The Kier molecular flexibility index (Phi) is 5.10. The van der Waals surface area contributed by atoms with Gasteiger partial charge in [-0.2, -0.15) is 17.6 Å². The summed E-state index contributed by atoms with van der Waals surface area (Å²) in [6.45, 7) is 3.27. The van der Waals surface area contributed by atoms with E-state index in [-0.39, 0.29) is 6.54 Å². The normalized spacial score (nSPS) is 14.2. The van der Waals surface area contributed by atoms with E-state index >= 15 is 0 Å². The van der Waals surface area contributed by atoms with Crippen LogP contribution >= 0.6 is 0 Å². The molecule has 98 valence electrons. The zero-order chi connectivity index (χ0) is 13.1. The summed E-state index contributed by atoms with van der Waals surface area (Å²) in [7, 11) is 0. The molecule has 0 rings (SSSR count). The maximum absolute atomic E-state index is 13.0. The Morgan fingerprint density at radius 2 is 1.50 bits per heavy atom. The monoisotopic (exact) mass is 251 g/mol. The minimum atomic E-state index is -5.30. The van der Waals surface area contributed by atoms with Crippen molar-refractivity contribution in [3.63, 3.8) is 0 Å². The molecule has 16 heavy (non-hydrogen) atoms. The van der Waals surface area contributed by atoms with Crippen molar-refractivity contribution in [2.24, 2.45) is 0 Å². The average molecular weight is 251 g/mol. The molecular weight excluding hydrogens is 236 g/mol. The zero-order valence-electron chi connectivity index (χ0n) is 9.28. The Morgan fingerprint density at radius 3 is 1.75 bits per heavy atom. The molecule has 0 atom stereocenters. The minimum absolute atomic E-state index is 0.0899. The first-order valence-corrected chi connectivity index (χ1v) is 4.84. The van der Waals surface area contributed by atoms with E-state index < -0.39 is 30.9 Å². The van der Waals surface area contributed by atoms with E-state index in [1.165, 1.54) is 20.8 Å². The van der Waals surface area contributed by atoms with E-state index in [0.29, 0.717) is 0 Å². The summed E-state index contributed by atoms with van der Waals surface area (Å²) in [5.74, 6) is -10.0. The van der Waals surface area contributed by atoms with Gasteiger partial charge in [0.25, 0.3) is 0 Å². The van der Waals surface area contributed by atoms with Gasteiger partial charge in [0, 0.05) is 6.04 Å². The van der Waals surface area contributed by atoms with Crippen molar-refractivity contribution >= 4 is 0 Å². The lowest BCUT2D eigenvalue weighted by Crippen LogP contribution is -2.54. The van der Waals surface area contributed by atoms with E-state index in [9.17, 15) is 26.3 Å². The number of rotatable bonds is 6. The zero-order valence-corrected chi connectivity index (χ0v) is 9.28. The maximum Gasteiger partial charge on any atom is 0.370 e. The lowest BCUT2D eigenvalue weighted by Gasteiger charge is -2.33. The van der Waals surface area contributed by atoms with Gasteiger partial charge in [0.15, 0.2) is 0 Å². The molecule has 0 aliphatic rings. The Balaban J connectivity index is 4.79. The van der Waals surface area contributed by atoms with E-state index in [1.54, 1.807) is 0 Å². The number of alkyl halides is 6. The van der Waals surface area contributed by atoms with Crippen LogP contribution in [0.25, 0.3) is 0 Å². The largest absolute Gasteiger partial charge is 0.370 e. The van der Waals surface area contributed by atoms with Crippen LogP contribution in [-0.4, -0.2) is 42.3 Å². The van der Waals surface area contributed by atoms with Crippen molar-refractivity contribution in [3.05, 3.63) is 0 Å². The van der Waals surface area contributed by atoms with Crippen LogP contribution in [0, 0.1) is 0 Å². The molecule has 0 bridgehead atoms. The summed E-state index contributed by atoms with van der Waals surface area (Å²) in [4.78, 5) is 1.01. The summed E-state index contributed by atoms with van der Waals surface area (Å²) < 4.78 is 74.7. The fourth-order valence-electron chi connectivity index (χ4n) is 1.18. The van der Waals surface area contributed by atoms with Crippen LogP contribution in [0.15, 0.2) is 0 Å². The van der Waals surface area contributed by atoms with Crippen LogP contribution in [0.4, 0.5) is 26.3 Å². The Morgan fingerprint density at radius 1 is 1.06 bits per heavy atom. The smallest absolute Gasteiger partial charge is 0.295 e. The van der Waals surface area contributed by atoms with Gasteiger partial charge in [0.1, 0.15) is 0 Å². The second-order valence-electron chi connectivity index (χ2n) is 3.78. The predicted molar refractivity (Wildman–Crippen MR) is 48.3 cm³/mol. The highest BCUT2D eigenvalue weighted by Crippen LogP contribution is 2.39. The van der Waals surface area contributed by atoms with Crippen molar-refractivity contribution in [3.8, 4) is 0 Å². The molecule has 0 amide bonds. The molecule has 0 saturated heterocycles. The van der Waals surface area contributed by atoms with E-state index in [1.807, 2.05) is 0 Å². The highest BCUT2D eigenvalue weighted by molar-refractivity contribution is 4.90. The van der Waals surface area contributed by atoms with E-state index in [2.05, 4.69) is 0 Å². The van der Waals surface area contributed by atoms with Gasteiger partial charge >= 0.3 is 18.3 Å². The predicted octanol–water partition coefficient (Wildman–Crippen LogP) is 3.25. The third-order valence-corrected chi connectivity index (χ3v) is 2.30. The van der Waals surface area contributed by atoms with Gasteiger partial charge in [0.2, 0.25) is 0 Å². The van der Waals surface area contributed by atoms with Gasteiger partial charge in [-0.05, 0) is 20.4 Å². The topological polar surface area (TPSA) is 3.24 Å². The van der Waals surface area contributed by atoms with Gasteiger partial charge < -0.3 is 0 Å². The molecule has 0 radical (unpaired) electrons. The lowest BCUT2D eigenvalue weighted by molar-refractivity contribution is -0.269. The third-order valence-electron chi connectivity index (χ3n) is 2.30. The molecule has 0 spiro atoms. The van der Waals surface area contributed by atoms with Crippen LogP contribution in [0.5, 0.6) is 0 Å². The number of hydrogen-bond donors (Lipinski definition) is 0. The summed E-state index contributed by atoms with van der Waals surface area (Å²) in [6, 6.07) is -0.413. The third kappa shape index (κ3) is 3.26. The van der Waals surface area contributed by atoms with Crippen LogP contribution < -0.4 is 0 Å². The van der Waals surface area contributed by atoms with Crippen LogP contribution in [-0.2, 0) is 0 Å². The molecule has 0 aromatic rings. The average Bonchev–Trinajstić information content (AvgIpc) is 2.13. The van der Waals surface area contributed by atoms with Crippen LogP contribution in [0.2, 0.25) is 0 Å². The molecule has 0 saturated carbocycles. The Hall–Kier alpha value is -0.460. The van der Waals surface area contributed by atoms with Crippen LogP contribution in [0.3, 0.4) is 0 Å². The van der Waals surface area contributed by atoms with Gasteiger partial charge in [-0.25, -0.2) is 8.78 Å². The number of nitrogens with zero attached hydrogens (tertiary/aromatic N) is 1. The molecule has 0 unspecified atom stereocenters. The molecule has 7 heteroatoms. The second-order valence-corrected chi connectivity index (χ2v) is 3.78. The van der Waals surface area contributed by atoms with Gasteiger partial charge in [-0.1, -0.05) is 6.92 Å². The molecule has 0 fully saturated rings. The van der Waals surface area contributed by atoms with E-state index in [4.69, 9.17) is 0 Å². The first-order chi connectivity index (χ1) is 7.06. The fourth-order valence-corrected chi connectivity index (χ4v) is 1.18. The van der Waals surface area contributed by atoms with Crippen LogP contribution in [0.1, 0.15) is 20.8 Å². The maximum atomic E-state index is 13.0. The molecular formula is C9H15F6N. The van der Waals surface area contributed by atoms with Gasteiger partial charge in [0.05, 0.1) is 6.54 Å². The van der Waals surface area contributed by atoms with E-state index in [0.717, 1.165) is 4.90 Å². The molecule has 0 aromatic heterocycles. The molecule has 0 aliphatic heterocycles. The first kappa shape index (κ1) is 15.5. The molecule has 0 heterocycles. The van der Waals surface area contributed by atoms with Crippen molar-refractivity contribution in [2.45, 2.75) is 45.1 Å². The second kappa shape index (κ2) is 5.25. The molecule has 0 aliphatic carbocycles. The van der Waals surface area contributed by atoms with Crippen molar-refractivity contribution in [2.75, 3.05) is 13.1 Å². The highest BCUT2D eigenvalue weighted by atomic mass is 19.3. The van der Waals surface area contributed by atoms with Crippen molar-refractivity contribution in [1.29, 1.82) is 0 Å². The first-order valence-electron chi connectivity index (χ1n) is 4.84. The molecule has 0 N–H and O–H groups in total. The summed E-state index contributed by atoms with van der Waals surface area (Å²) in [5.41, 5.74) is 0. The Bertz CT molecular complexity index is 216. The lowest BCUT2D eigenvalue weighted by atomic mass is 10.1. The standard InChI is InChI=1S/C9H15F6N/c1-4-16(6(2)3)5-8(12,13)9(14,15)7(10)11/h6-7H,4-5H2,1-3H3. The summed E-state index contributed by atoms with van der Waals surface area (Å²) in [5, 5.41) is 0.